The molecular formula is C30H35N3O5S. The van der Waals surface area contributed by atoms with Gasteiger partial charge in [0.25, 0.3) is 0 Å². The monoisotopic (exact) mass is 549 g/mol. The number of thiazole rings is 1. The molecule has 3 heterocycles. The van der Waals surface area contributed by atoms with Gasteiger partial charge in [-0.2, -0.15) is 0 Å². The zero-order valence-electron chi connectivity index (χ0n) is 22.9. The number of carboxylic acids is 1. The van der Waals surface area contributed by atoms with E-state index in [0.29, 0.717) is 12.2 Å². The standard InChI is InChI=1S/C30H35N3O5S/c1-29(2,3)27-31-24(17-20-5-11-23(37-4)12-6-20)25(39-27)18-32-15-13-30(14-16-32)19-33(28(36)38-30)22-9-7-21(8-10-22)26(34)35/h5-12H,13-19H2,1-4H3,(H,34,35). The number of piperidine rings is 1. The number of rotatable bonds is 7. The summed E-state index contributed by atoms with van der Waals surface area (Å²) in [4.78, 5) is 34.3. The van der Waals surface area contributed by atoms with E-state index >= 15 is 0 Å². The van der Waals surface area contributed by atoms with Crippen molar-refractivity contribution in [3.63, 3.8) is 0 Å². The van der Waals surface area contributed by atoms with Crippen LogP contribution in [0.4, 0.5) is 10.5 Å². The number of aromatic carboxylic acids is 1. The number of ether oxygens (including phenoxy) is 2. The average molecular weight is 550 g/mol. The van der Waals surface area contributed by atoms with Gasteiger partial charge in [0.15, 0.2) is 0 Å². The van der Waals surface area contributed by atoms with Crippen LogP contribution in [0.1, 0.15) is 65.1 Å². The number of carbonyl (C=O) groups excluding carboxylic acids is 1. The molecule has 1 spiro atoms. The summed E-state index contributed by atoms with van der Waals surface area (Å²) in [7, 11) is 1.68. The Morgan fingerprint density at radius 1 is 1.10 bits per heavy atom. The quantitative estimate of drug-likeness (QED) is 0.402. The predicted octanol–water partition coefficient (Wildman–Crippen LogP) is 5.73. The molecule has 39 heavy (non-hydrogen) atoms. The molecule has 2 fully saturated rings. The summed E-state index contributed by atoms with van der Waals surface area (Å²) in [6.07, 6.45) is 1.91. The highest BCUT2D eigenvalue weighted by atomic mass is 32.1. The maximum Gasteiger partial charge on any atom is 0.415 e. The number of benzene rings is 2. The highest BCUT2D eigenvalue weighted by Gasteiger charge is 2.47. The minimum absolute atomic E-state index is 0.0201. The molecule has 206 valence electrons. The van der Waals surface area contributed by atoms with Gasteiger partial charge in [-0.15, -0.1) is 11.3 Å². The number of likely N-dealkylation sites (tertiary alicyclic amines) is 1. The minimum atomic E-state index is -0.989. The highest BCUT2D eigenvalue weighted by molar-refractivity contribution is 7.11. The molecule has 0 unspecified atom stereocenters. The lowest BCUT2D eigenvalue weighted by Crippen LogP contribution is -2.46. The Morgan fingerprint density at radius 3 is 2.36 bits per heavy atom. The molecule has 2 saturated heterocycles. The number of amides is 1. The molecule has 5 rings (SSSR count). The van der Waals surface area contributed by atoms with Crippen molar-refractivity contribution in [3.8, 4) is 5.75 Å². The molecule has 0 saturated carbocycles. The van der Waals surface area contributed by atoms with E-state index in [9.17, 15) is 9.59 Å². The van der Waals surface area contributed by atoms with Crippen molar-refractivity contribution in [3.05, 3.63) is 75.2 Å². The second-order valence-corrected chi connectivity index (χ2v) is 12.5. The van der Waals surface area contributed by atoms with Gasteiger partial charge in [-0.3, -0.25) is 9.80 Å². The Labute approximate surface area is 233 Å². The fourth-order valence-electron chi connectivity index (χ4n) is 5.09. The molecule has 0 radical (unpaired) electrons. The lowest BCUT2D eigenvalue weighted by molar-refractivity contribution is -0.000806. The molecule has 1 amide bonds. The number of hydrogen-bond donors (Lipinski definition) is 1. The van der Waals surface area contributed by atoms with Gasteiger partial charge in [-0.25, -0.2) is 14.6 Å². The first-order chi connectivity index (χ1) is 18.5. The SMILES string of the molecule is COc1ccc(Cc2nc(C(C)(C)C)sc2CN2CCC3(CC2)CN(c2ccc(C(=O)O)cc2)C(=O)O3)cc1. The highest BCUT2D eigenvalue weighted by Crippen LogP contribution is 2.37. The van der Waals surface area contributed by atoms with E-state index in [4.69, 9.17) is 19.6 Å². The molecule has 1 N–H and O–H groups in total. The van der Waals surface area contributed by atoms with E-state index in [1.54, 1.807) is 35.5 Å². The van der Waals surface area contributed by atoms with Crippen LogP contribution in [0.25, 0.3) is 0 Å². The lowest BCUT2D eigenvalue weighted by atomic mass is 9.91. The van der Waals surface area contributed by atoms with Crippen LogP contribution in [0.5, 0.6) is 5.75 Å². The van der Waals surface area contributed by atoms with E-state index in [-0.39, 0.29) is 17.1 Å². The zero-order chi connectivity index (χ0) is 27.8. The summed E-state index contributed by atoms with van der Waals surface area (Å²) >= 11 is 1.80. The third kappa shape index (κ3) is 5.94. The van der Waals surface area contributed by atoms with Gasteiger partial charge in [0.2, 0.25) is 0 Å². The molecule has 2 aliphatic rings. The topological polar surface area (TPSA) is 92.2 Å². The van der Waals surface area contributed by atoms with Crippen molar-refractivity contribution in [2.24, 2.45) is 0 Å². The molecule has 2 aliphatic heterocycles. The average Bonchev–Trinajstić information content (AvgIpc) is 3.46. The third-order valence-corrected chi connectivity index (χ3v) is 8.99. The molecule has 8 nitrogen and oxygen atoms in total. The van der Waals surface area contributed by atoms with Crippen LogP contribution in [-0.4, -0.2) is 59.4 Å². The number of methoxy groups -OCH3 is 1. The molecule has 1 aromatic heterocycles. The smallest absolute Gasteiger partial charge is 0.415 e. The van der Waals surface area contributed by atoms with Gasteiger partial charge in [0.1, 0.15) is 11.4 Å². The summed E-state index contributed by atoms with van der Waals surface area (Å²) in [6, 6.07) is 14.5. The fourth-order valence-corrected chi connectivity index (χ4v) is 6.27. The summed E-state index contributed by atoms with van der Waals surface area (Å²) in [6.45, 7) is 9.55. The molecule has 0 bridgehead atoms. The maximum atomic E-state index is 12.8. The van der Waals surface area contributed by atoms with E-state index in [0.717, 1.165) is 55.3 Å². The van der Waals surface area contributed by atoms with Gasteiger partial charge in [0.05, 0.1) is 29.9 Å². The van der Waals surface area contributed by atoms with Crippen LogP contribution in [0, 0.1) is 0 Å². The Bertz CT molecular complexity index is 1340. The molecule has 0 atom stereocenters. The second-order valence-electron chi connectivity index (χ2n) is 11.4. The van der Waals surface area contributed by atoms with Crippen LogP contribution in [0.2, 0.25) is 0 Å². The maximum absolute atomic E-state index is 12.8. The fraction of sp³-hybridized carbons (Fsp3) is 0.433. The van der Waals surface area contributed by atoms with E-state index in [2.05, 4.69) is 37.8 Å². The lowest BCUT2D eigenvalue weighted by Gasteiger charge is -2.37. The zero-order valence-corrected chi connectivity index (χ0v) is 23.7. The van der Waals surface area contributed by atoms with Crippen molar-refractivity contribution in [1.82, 2.24) is 9.88 Å². The first kappa shape index (κ1) is 27.1. The van der Waals surface area contributed by atoms with Gasteiger partial charge in [0, 0.05) is 54.9 Å². The van der Waals surface area contributed by atoms with Crippen molar-refractivity contribution in [2.45, 2.75) is 57.6 Å². The van der Waals surface area contributed by atoms with E-state index in [1.165, 1.54) is 22.6 Å². The molecule has 3 aromatic rings. The first-order valence-electron chi connectivity index (χ1n) is 13.2. The number of carbonyl (C=O) groups is 2. The van der Waals surface area contributed by atoms with Crippen molar-refractivity contribution >= 4 is 29.1 Å². The summed E-state index contributed by atoms with van der Waals surface area (Å²) in [5.74, 6) is -0.143. The first-order valence-corrected chi connectivity index (χ1v) is 14.1. The third-order valence-electron chi connectivity index (χ3n) is 7.48. The number of hydrogen-bond acceptors (Lipinski definition) is 7. The molecule has 2 aromatic carbocycles. The molecule has 0 aliphatic carbocycles. The Hall–Kier alpha value is -3.43. The minimum Gasteiger partial charge on any atom is -0.497 e. The van der Waals surface area contributed by atoms with Crippen molar-refractivity contribution in [1.29, 1.82) is 0 Å². The van der Waals surface area contributed by atoms with Crippen molar-refractivity contribution < 1.29 is 24.2 Å². The van der Waals surface area contributed by atoms with Gasteiger partial charge in [-0.1, -0.05) is 32.9 Å². The van der Waals surface area contributed by atoms with Gasteiger partial charge < -0.3 is 14.6 Å². The van der Waals surface area contributed by atoms with E-state index < -0.39 is 11.6 Å². The van der Waals surface area contributed by atoms with Crippen LogP contribution in [0.15, 0.2) is 48.5 Å². The summed E-state index contributed by atoms with van der Waals surface area (Å²) in [5.41, 5.74) is 2.64. The Morgan fingerprint density at radius 2 is 1.77 bits per heavy atom. The predicted molar refractivity (Wildman–Crippen MR) is 151 cm³/mol. The normalized spacial score (nSPS) is 17.4. The number of nitrogens with zero attached hydrogens (tertiary/aromatic N) is 3. The van der Waals surface area contributed by atoms with Gasteiger partial charge in [-0.05, 0) is 42.0 Å². The van der Waals surface area contributed by atoms with Gasteiger partial charge >= 0.3 is 12.1 Å². The molecule has 9 heteroatoms. The number of carboxylic acid groups (broad SMARTS) is 1. The Balaban J connectivity index is 1.26. The van der Waals surface area contributed by atoms with Crippen LogP contribution >= 0.6 is 11.3 Å². The Kier molecular flexibility index (Phi) is 7.39. The summed E-state index contributed by atoms with van der Waals surface area (Å²) < 4.78 is 11.2. The number of aromatic nitrogens is 1. The van der Waals surface area contributed by atoms with Crippen molar-refractivity contribution in [2.75, 3.05) is 31.6 Å². The number of anilines is 1. The van der Waals surface area contributed by atoms with Crippen LogP contribution < -0.4 is 9.64 Å². The van der Waals surface area contributed by atoms with Crippen LogP contribution in [0.3, 0.4) is 0 Å². The largest absolute Gasteiger partial charge is 0.497 e. The van der Waals surface area contributed by atoms with E-state index in [1.807, 2.05) is 12.1 Å². The second kappa shape index (κ2) is 10.6. The summed E-state index contributed by atoms with van der Waals surface area (Å²) in [5, 5.41) is 10.3. The molecular weight excluding hydrogens is 514 g/mol. The van der Waals surface area contributed by atoms with Crippen LogP contribution in [-0.2, 0) is 23.1 Å².